The van der Waals surface area contributed by atoms with E-state index in [-0.39, 0.29) is 5.95 Å². The Morgan fingerprint density at radius 3 is 2.86 bits per heavy atom. The van der Waals surface area contributed by atoms with E-state index in [1.807, 2.05) is 12.1 Å². The topological polar surface area (TPSA) is 113 Å². The van der Waals surface area contributed by atoms with Gasteiger partial charge in [0.15, 0.2) is 0 Å². The summed E-state index contributed by atoms with van der Waals surface area (Å²) in [5, 5.41) is 13.5. The molecule has 3 rings (SSSR count). The Morgan fingerprint density at radius 2 is 2.11 bits per heavy atom. The molecule has 0 atom stereocenters. The van der Waals surface area contributed by atoms with Crippen LogP contribution in [0.4, 0.5) is 11.6 Å². The number of aromatic nitrogens is 2. The molecule has 28 heavy (non-hydrogen) atoms. The highest BCUT2D eigenvalue weighted by Crippen LogP contribution is 2.17. The van der Waals surface area contributed by atoms with Crippen LogP contribution < -0.4 is 15.6 Å². The number of rotatable bonds is 9. The molecule has 0 unspecified atom stereocenters. The highest BCUT2D eigenvalue weighted by atomic mass is 16.6. The normalized spacial score (nSPS) is 14.6. The number of hydrogen-bond donors (Lipinski definition) is 2. The third-order valence-corrected chi connectivity index (χ3v) is 4.61. The Labute approximate surface area is 162 Å². The van der Waals surface area contributed by atoms with Crippen LogP contribution in [-0.2, 0) is 6.54 Å². The molecule has 9 nitrogen and oxygen atoms in total. The molecular weight excluding hydrogens is 362 g/mol. The largest absolute Gasteiger partial charge is 0.494 e. The second-order valence-electron chi connectivity index (χ2n) is 6.82. The maximum Gasteiger partial charge on any atom is 0.352 e. The van der Waals surface area contributed by atoms with Gasteiger partial charge in [-0.05, 0) is 50.0 Å². The zero-order chi connectivity index (χ0) is 19.8. The second-order valence-corrected chi connectivity index (χ2v) is 6.82. The number of nitro groups is 1. The SMILES string of the molecule is O=c1[nH]c(NCCCOc2cccc(CN3CCCCC3)c2)ncc1[N+](=O)[O-]. The quantitative estimate of drug-likeness (QED) is 0.386. The van der Waals surface area contributed by atoms with E-state index in [1.165, 1.54) is 24.8 Å². The van der Waals surface area contributed by atoms with Crippen LogP contribution in [-0.4, -0.2) is 46.0 Å². The predicted molar refractivity (Wildman–Crippen MR) is 106 cm³/mol. The van der Waals surface area contributed by atoms with Crippen LogP contribution in [0.1, 0.15) is 31.2 Å². The average Bonchev–Trinajstić information content (AvgIpc) is 2.68. The first-order chi connectivity index (χ1) is 13.6. The van der Waals surface area contributed by atoms with Crippen LogP contribution in [0.2, 0.25) is 0 Å². The third-order valence-electron chi connectivity index (χ3n) is 4.61. The minimum absolute atomic E-state index is 0.208. The van der Waals surface area contributed by atoms with Gasteiger partial charge in [-0.3, -0.25) is 24.8 Å². The summed E-state index contributed by atoms with van der Waals surface area (Å²) in [4.78, 5) is 30.0. The minimum atomic E-state index is -0.774. The maximum atomic E-state index is 11.5. The summed E-state index contributed by atoms with van der Waals surface area (Å²) in [7, 11) is 0. The first-order valence-corrected chi connectivity index (χ1v) is 9.53. The van der Waals surface area contributed by atoms with Crippen molar-refractivity contribution >= 4 is 11.6 Å². The van der Waals surface area contributed by atoms with Gasteiger partial charge in [-0.15, -0.1) is 0 Å². The van der Waals surface area contributed by atoms with Crippen molar-refractivity contribution in [3.63, 3.8) is 0 Å². The fraction of sp³-hybridized carbons (Fsp3) is 0.474. The summed E-state index contributed by atoms with van der Waals surface area (Å²) in [6, 6.07) is 8.16. The summed E-state index contributed by atoms with van der Waals surface area (Å²) in [6.45, 7) is 4.31. The smallest absolute Gasteiger partial charge is 0.352 e. The lowest BCUT2D eigenvalue weighted by atomic mass is 10.1. The van der Waals surface area contributed by atoms with Gasteiger partial charge in [-0.25, -0.2) is 4.98 Å². The predicted octanol–water partition coefficient (Wildman–Crippen LogP) is 2.55. The highest BCUT2D eigenvalue weighted by molar-refractivity contribution is 5.31. The van der Waals surface area contributed by atoms with Crippen molar-refractivity contribution in [1.29, 1.82) is 0 Å². The molecule has 2 aromatic rings. The van der Waals surface area contributed by atoms with Crippen LogP contribution >= 0.6 is 0 Å². The van der Waals surface area contributed by atoms with Crippen molar-refractivity contribution in [3.05, 3.63) is 56.5 Å². The Hall–Kier alpha value is -2.94. The molecule has 9 heteroatoms. The van der Waals surface area contributed by atoms with Gasteiger partial charge in [0.25, 0.3) is 0 Å². The fourth-order valence-corrected chi connectivity index (χ4v) is 3.19. The molecule has 1 aromatic heterocycles. The number of nitrogens with zero attached hydrogens (tertiary/aromatic N) is 3. The number of piperidine rings is 1. The molecule has 0 saturated carbocycles. The maximum absolute atomic E-state index is 11.5. The fourth-order valence-electron chi connectivity index (χ4n) is 3.19. The molecule has 0 spiro atoms. The number of benzene rings is 1. The van der Waals surface area contributed by atoms with Crippen LogP contribution in [0.5, 0.6) is 5.75 Å². The summed E-state index contributed by atoms with van der Waals surface area (Å²) < 4.78 is 5.81. The lowest BCUT2D eigenvalue weighted by molar-refractivity contribution is -0.386. The first kappa shape index (κ1) is 19.8. The second kappa shape index (κ2) is 9.84. The molecular formula is C19H25N5O4. The highest BCUT2D eigenvalue weighted by Gasteiger charge is 2.13. The molecule has 1 aliphatic rings. The molecule has 2 heterocycles. The molecule has 0 aliphatic carbocycles. The molecule has 0 bridgehead atoms. The van der Waals surface area contributed by atoms with Crippen molar-refractivity contribution in [2.45, 2.75) is 32.2 Å². The lowest BCUT2D eigenvalue weighted by Crippen LogP contribution is -2.29. The summed E-state index contributed by atoms with van der Waals surface area (Å²) in [5.74, 6) is 1.05. The monoisotopic (exact) mass is 387 g/mol. The Kier molecular flexibility index (Phi) is 6.96. The Balaban J connectivity index is 1.40. The number of likely N-dealkylation sites (tertiary alicyclic amines) is 1. The summed E-state index contributed by atoms with van der Waals surface area (Å²) in [6.07, 6.45) is 5.52. The van der Waals surface area contributed by atoms with E-state index in [0.29, 0.717) is 19.6 Å². The van der Waals surface area contributed by atoms with Crippen molar-refractivity contribution in [2.75, 3.05) is 31.6 Å². The summed E-state index contributed by atoms with van der Waals surface area (Å²) in [5.41, 5.74) is -0.0900. The standard InChI is InChI=1S/C19H25N5O4/c25-18-17(24(26)27)13-21-19(22-18)20-8-5-11-28-16-7-4-6-15(12-16)14-23-9-2-1-3-10-23/h4,6-7,12-13H,1-3,5,8-11,14H2,(H2,20,21,22,25). The van der Waals surface area contributed by atoms with Gasteiger partial charge in [-0.1, -0.05) is 18.6 Å². The number of anilines is 1. The Morgan fingerprint density at radius 1 is 1.29 bits per heavy atom. The number of H-pyrrole nitrogens is 1. The zero-order valence-electron chi connectivity index (χ0n) is 15.7. The molecule has 0 amide bonds. The molecule has 0 radical (unpaired) electrons. The van der Waals surface area contributed by atoms with Crippen LogP contribution in [0.3, 0.4) is 0 Å². The van der Waals surface area contributed by atoms with E-state index >= 15 is 0 Å². The molecule has 1 aliphatic heterocycles. The van der Waals surface area contributed by atoms with E-state index in [0.717, 1.165) is 31.6 Å². The Bertz CT molecular complexity index is 848. The molecule has 150 valence electrons. The van der Waals surface area contributed by atoms with Gasteiger partial charge in [0.2, 0.25) is 5.95 Å². The molecule has 1 saturated heterocycles. The van der Waals surface area contributed by atoms with Crippen molar-refractivity contribution in [3.8, 4) is 5.75 Å². The van der Waals surface area contributed by atoms with Crippen LogP contribution in [0, 0.1) is 10.1 Å². The van der Waals surface area contributed by atoms with Crippen molar-refractivity contribution in [1.82, 2.24) is 14.9 Å². The van der Waals surface area contributed by atoms with E-state index in [4.69, 9.17) is 4.74 Å². The number of ether oxygens (including phenoxy) is 1. The zero-order valence-corrected chi connectivity index (χ0v) is 15.7. The van der Waals surface area contributed by atoms with Gasteiger partial charge in [0, 0.05) is 13.1 Å². The van der Waals surface area contributed by atoms with E-state index in [9.17, 15) is 14.9 Å². The van der Waals surface area contributed by atoms with E-state index in [2.05, 4.69) is 32.3 Å². The first-order valence-electron chi connectivity index (χ1n) is 9.53. The van der Waals surface area contributed by atoms with Gasteiger partial charge in [-0.2, -0.15) is 0 Å². The molecule has 1 aromatic carbocycles. The van der Waals surface area contributed by atoms with Crippen molar-refractivity contribution < 1.29 is 9.66 Å². The van der Waals surface area contributed by atoms with Gasteiger partial charge < -0.3 is 10.1 Å². The minimum Gasteiger partial charge on any atom is -0.494 e. The van der Waals surface area contributed by atoms with Gasteiger partial charge >= 0.3 is 11.2 Å². The van der Waals surface area contributed by atoms with E-state index < -0.39 is 16.2 Å². The third kappa shape index (κ3) is 5.78. The lowest BCUT2D eigenvalue weighted by Gasteiger charge is -2.26. The van der Waals surface area contributed by atoms with E-state index in [1.54, 1.807) is 0 Å². The number of nitrogens with one attached hydrogen (secondary N) is 2. The number of hydrogen-bond acceptors (Lipinski definition) is 7. The van der Waals surface area contributed by atoms with Crippen LogP contribution in [0.25, 0.3) is 0 Å². The molecule has 2 N–H and O–H groups in total. The van der Waals surface area contributed by atoms with Crippen molar-refractivity contribution in [2.24, 2.45) is 0 Å². The average molecular weight is 387 g/mol. The summed E-state index contributed by atoms with van der Waals surface area (Å²) >= 11 is 0. The van der Waals surface area contributed by atoms with Gasteiger partial charge in [0.1, 0.15) is 11.9 Å². The van der Waals surface area contributed by atoms with Gasteiger partial charge in [0.05, 0.1) is 11.5 Å². The number of aromatic amines is 1. The molecule has 1 fully saturated rings. The van der Waals surface area contributed by atoms with Crippen LogP contribution in [0.15, 0.2) is 35.3 Å².